The molecule has 10 heavy (non-hydrogen) atoms. The third kappa shape index (κ3) is 3.72. The summed E-state index contributed by atoms with van der Waals surface area (Å²) in [6.45, 7) is 5.51. The fourth-order valence-electron chi connectivity index (χ4n) is 0.719. The van der Waals surface area contributed by atoms with Crippen molar-refractivity contribution in [1.29, 1.82) is 0 Å². The van der Waals surface area contributed by atoms with E-state index >= 15 is 0 Å². The minimum atomic E-state index is -0.337. The van der Waals surface area contributed by atoms with Gasteiger partial charge in [0.15, 0.2) is 0 Å². The summed E-state index contributed by atoms with van der Waals surface area (Å²) in [7, 11) is 0. The molecule has 0 aliphatic rings. The summed E-state index contributed by atoms with van der Waals surface area (Å²) in [4.78, 5) is 12.2. The number of carbonyl (C=O) groups excluding carboxylic acids is 1. The molecule has 0 aromatic heterocycles. The molecule has 0 heterocycles. The van der Waals surface area contributed by atoms with Gasteiger partial charge in [-0.2, -0.15) is 0 Å². The van der Waals surface area contributed by atoms with Gasteiger partial charge in [-0.15, -0.1) is 0 Å². The Labute approximate surface area is 67.2 Å². The van der Waals surface area contributed by atoms with Gasteiger partial charge in [0.05, 0.1) is 0 Å². The van der Waals surface area contributed by atoms with Crippen molar-refractivity contribution in [2.75, 3.05) is 13.1 Å². The molecule has 0 aliphatic heterocycles. The first-order valence-corrected chi connectivity index (χ1v) is 4.04. The Morgan fingerprint density at radius 2 is 2.10 bits per heavy atom. The molecule has 0 unspecified atom stereocenters. The van der Waals surface area contributed by atoms with Crippen LogP contribution in [0.3, 0.4) is 0 Å². The van der Waals surface area contributed by atoms with Crippen LogP contribution in [0.15, 0.2) is 0 Å². The molecule has 0 radical (unpaired) electrons. The summed E-state index contributed by atoms with van der Waals surface area (Å²) >= 11 is 5.27. The van der Waals surface area contributed by atoms with Gasteiger partial charge in [-0.05, 0) is 24.9 Å². The number of unbranched alkanes of at least 4 members (excludes halogenated alkanes) is 1. The van der Waals surface area contributed by atoms with Crippen molar-refractivity contribution in [2.45, 2.75) is 26.7 Å². The molecule has 0 fully saturated rings. The molecule has 1 amide bonds. The fraction of sp³-hybridized carbons (Fsp3) is 0.857. The maximum absolute atomic E-state index is 10.6. The molecule has 0 spiro atoms. The molecule has 0 N–H and O–H groups in total. The number of hydrogen-bond acceptors (Lipinski definition) is 1. The smallest absolute Gasteiger partial charge is 0.316 e. The van der Waals surface area contributed by atoms with E-state index < -0.39 is 0 Å². The van der Waals surface area contributed by atoms with Crippen LogP contribution in [0.4, 0.5) is 4.79 Å². The first kappa shape index (κ1) is 9.76. The summed E-state index contributed by atoms with van der Waals surface area (Å²) < 4.78 is 0. The van der Waals surface area contributed by atoms with Gasteiger partial charge in [-0.1, -0.05) is 13.3 Å². The zero-order valence-corrected chi connectivity index (χ0v) is 7.32. The van der Waals surface area contributed by atoms with Crippen LogP contribution in [0.2, 0.25) is 0 Å². The van der Waals surface area contributed by atoms with Crippen molar-refractivity contribution in [3.63, 3.8) is 0 Å². The van der Waals surface area contributed by atoms with E-state index in [1.807, 2.05) is 6.92 Å². The van der Waals surface area contributed by atoms with Crippen LogP contribution in [0.25, 0.3) is 0 Å². The summed E-state index contributed by atoms with van der Waals surface area (Å²) in [6.07, 6.45) is 2.13. The Bertz CT molecular complexity index is 106. The number of rotatable bonds is 4. The van der Waals surface area contributed by atoms with Crippen LogP contribution < -0.4 is 0 Å². The first-order valence-electron chi connectivity index (χ1n) is 3.66. The highest BCUT2D eigenvalue weighted by atomic mass is 35.5. The Morgan fingerprint density at radius 3 is 2.40 bits per heavy atom. The van der Waals surface area contributed by atoms with Gasteiger partial charge < -0.3 is 4.90 Å². The van der Waals surface area contributed by atoms with Gasteiger partial charge >= 0.3 is 5.37 Å². The van der Waals surface area contributed by atoms with Crippen molar-refractivity contribution < 1.29 is 4.79 Å². The van der Waals surface area contributed by atoms with Crippen LogP contribution in [-0.2, 0) is 0 Å². The molecular weight excluding hydrogens is 150 g/mol. The van der Waals surface area contributed by atoms with E-state index in [0.717, 1.165) is 19.4 Å². The Kier molecular flexibility index (Phi) is 5.40. The van der Waals surface area contributed by atoms with Crippen LogP contribution in [0, 0.1) is 0 Å². The Morgan fingerprint density at radius 1 is 1.50 bits per heavy atom. The van der Waals surface area contributed by atoms with Crippen molar-refractivity contribution in [2.24, 2.45) is 0 Å². The van der Waals surface area contributed by atoms with Crippen LogP contribution in [0.5, 0.6) is 0 Å². The second-order valence-corrected chi connectivity index (χ2v) is 2.51. The number of hydrogen-bond donors (Lipinski definition) is 0. The van der Waals surface area contributed by atoms with Gasteiger partial charge in [0.25, 0.3) is 0 Å². The molecule has 0 saturated heterocycles. The predicted molar refractivity (Wildman–Crippen MR) is 43.4 cm³/mol. The molecule has 0 aromatic carbocycles. The second kappa shape index (κ2) is 5.54. The number of carbonyl (C=O) groups is 1. The van der Waals surface area contributed by atoms with Crippen molar-refractivity contribution in [1.82, 2.24) is 4.90 Å². The summed E-state index contributed by atoms with van der Waals surface area (Å²) in [5.74, 6) is 0. The lowest BCUT2D eigenvalue weighted by molar-refractivity contribution is 0.223. The van der Waals surface area contributed by atoms with Gasteiger partial charge in [-0.3, -0.25) is 4.79 Å². The lowest BCUT2D eigenvalue weighted by Crippen LogP contribution is -2.26. The summed E-state index contributed by atoms with van der Waals surface area (Å²) in [5, 5.41) is -0.337. The summed E-state index contributed by atoms with van der Waals surface area (Å²) in [5.41, 5.74) is 0. The molecule has 60 valence electrons. The quantitative estimate of drug-likeness (QED) is 0.461. The molecule has 0 atom stereocenters. The maximum atomic E-state index is 10.6. The lowest BCUT2D eigenvalue weighted by Gasteiger charge is -2.15. The van der Waals surface area contributed by atoms with Crippen molar-refractivity contribution >= 4 is 17.0 Å². The van der Waals surface area contributed by atoms with Gasteiger partial charge in [-0.25, -0.2) is 0 Å². The van der Waals surface area contributed by atoms with Crippen LogP contribution in [-0.4, -0.2) is 23.4 Å². The Balaban J connectivity index is 3.50. The summed E-state index contributed by atoms with van der Waals surface area (Å²) in [6, 6.07) is 0. The van der Waals surface area contributed by atoms with Gasteiger partial charge in [0.2, 0.25) is 0 Å². The maximum Gasteiger partial charge on any atom is 0.316 e. The van der Waals surface area contributed by atoms with E-state index in [4.69, 9.17) is 11.6 Å². The molecule has 0 aromatic rings. The second-order valence-electron chi connectivity index (χ2n) is 2.19. The van der Waals surface area contributed by atoms with E-state index in [2.05, 4.69) is 6.92 Å². The van der Waals surface area contributed by atoms with E-state index in [1.54, 1.807) is 4.90 Å². The standard InChI is InChI=1S/C7H14ClNO/c1-3-5-6-9(4-2)7(8)10/h3-6H2,1-2H3. The topological polar surface area (TPSA) is 20.3 Å². The van der Waals surface area contributed by atoms with E-state index in [9.17, 15) is 4.79 Å². The normalized spacial score (nSPS) is 9.50. The third-order valence-corrected chi connectivity index (χ3v) is 1.65. The monoisotopic (exact) mass is 163 g/mol. The number of halogens is 1. The zero-order chi connectivity index (χ0) is 7.98. The molecule has 0 aliphatic carbocycles. The molecule has 0 rings (SSSR count). The molecule has 3 heteroatoms. The van der Waals surface area contributed by atoms with Crippen LogP contribution >= 0.6 is 11.6 Å². The molecular formula is C7H14ClNO. The minimum absolute atomic E-state index is 0.337. The number of nitrogens with zero attached hydrogens (tertiary/aromatic N) is 1. The SMILES string of the molecule is CCCCN(CC)C(=O)Cl. The van der Waals surface area contributed by atoms with Gasteiger partial charge in [0, 0.05) is 13.1 Å². The van der Waals surface area contributed by atoms with E-state index in [0.29, 0.717) is 6.54 Å². The first-order chi connectivity index (χ1) is 4.72. The highest BCUT2D eigenvalue weighted by Gasteiger charge is 2.05. The highest BCUT2D eigenvalue weighted by Crippen LogP contribution is 1.98. The average molecular weight is 164 g/mol. The van der Waals surface area contributed by atoms with Crippen LogP contribution in [0.1, 0.15) is 26.7 Å². The van der Waals surface area contributed by atoms with E-state index in [1.165, 1.54) is 0 Å². The average Bonchev–Trinajstić information content (AvgIpc) is 1.89. The highest BCUT2D eigenvalue weighted by molar-refractivity contribution is 6.62. The lowest BCUT2D eigenvalue weighted by atomic mass is 10.3. The third-order valence-electron chi connectivity index (χ3n) is 1.41. The van der Waals surface area contributed by atoms with Gasteiger partial charge in [0.1, 0.15) is 0 Å². The van der Waals surface area contributed by atoms with Crippen molar-refractivity contribution in [3.05, 3.63) is 0 Å². The van der Waals surface area contributed by atoms with E-state index in [-0.39, 0.29) is 5.37 Å². The molecule has 0 bridgehead atoms. The largest absolute Gasteiger partial charge is 0.330 e. The zero-order valence-electron chi connectivity index (χ0n) is 6.56. The Hall–Kier alpha value is -0.240. The van der Waals surface area contributed by atoms with Crippen molar-refractivity contribution in [3.8, 4) is 0 Å². The molecule has 0 saturated carbocycles. The minimum Gasteiger partial charge on any atom is -0.330 e. The predicted octanol–water partition coefficient (Wildman–Crippen LogP) is 2.47. The molecule has 2 nitrogen and oxygen atoms in total. The fourth-order valence-corrected chi connectivity index (χ4v) is 0.923. The number of amides is 1.